The fourth-order valence-corrected chi connectivity index (χ4v) is 1.47. The molecular formula is C10H11BrO2. The van der Waals surface area contributed by atoms with Crippen LogP contribution in [0.1, 0.15) is 18.4 Å². The third-order valence-electron chi connectivity index (χ3n) is 1.89. The molecule has 0 fully saturated rings. The Bertz CT molecular complexity index is 310. The molecule has 70 valence electrons. The first-order valence-electron chi connectivity index (χ1n) is 3.97. The van der Waals surface area contributed by atoms with E-state index >= 15 is 0 Å². The van der Waals surface area contributed by atoms with Crippen molar-refractivity contribution in [3.8, 4) is 5.75 Å². The third kappa shape index (κ3) is 2.31. The molecule has 0 aromatic heterocycles. The summed E-state index contributed by atoms with van der Waals surface area (Å²) in [4.78, 5) is 10.6. The minimum atomic E-state index is -0.122. The maximum atomic E-state index is 10.6. The zero-order valence-corrected chi connectivity index (χ0v) is 9.17. The van der Waals surface area contributed by atoms with Crippen LogP contribution in [0.25, 0.3) is 0 Å². The van der Waals surface area contributed by atoms with Crippen molar-refractivity contribution < 1.29 is 9.53 Å². The van der Waals surface area contributed by atoms with Crippen molar-refractivity contribution in [2.75, 3.05) is 7.11 Å². The van der Waals surface area contributed by atoms with Gasteiger partial charge in [0.15, 0.2) is 0 Å². The summed E-state index contributed by atoms with van der Waals surface area (Å²) < 4.78 is 6.11. The van der Waals surface area contributed by atoms with E-state index in [-0.39, 0.29) is 5.92 Å². The molecule has 0 spiro atoms. The van der Waals surface area contributed by atoms with E-state index in [2.05, 4.69) is 15.9 Å². The van der Waals surface area contributed by atoms with Crippen molar-refractivity contribution in [2.45, 2.75) is 12.8 Å². The molecule has 0 amide bonds. The Balaban J connectivity index is 3.12. The lowest BCUT2D eigenvalue weighted by Gasteiger charge is -2.10. The molecule has 0 N–H and O–H groups in total. The van der Waals surface area contributed by atoms with E-state index in [0.29, 0.717) is 0 Å². The predicted molar refractivity (Wildman–Crippen MR) is 55.2 cm³/mol. The van der Waals surface area contributed by atoms with E-state index in [9.17, 15) is 4.79 Å². The van der Waals surface area contributed by atoms with Crippen LogP contribution in [0.2, 0.25) is 0 Å². The molecule has 0 heterocycles. The molecule has 0 aliphatic rings. The zero-order valence-electron chi connectivity index (χ0n) is 7.58. The van der Waals surface area contributed by atoms with Gasteiger partial charge in [-0.1, -0.05) is 28.9 Å². The summed E-state index contributed by atoms with van der Waals surface area (Å²) >= 11 is 3.34. The second kappa shape index (κ2) is 4.42. The number of rotatable bonds is 3. The minimum Gasteiger partial charge on any atom is -0.496 e. The van der Waals surface area contributed by atoms with Crippen LogP contribution in [0.5, 0.6) is 5.75 Å². The molecule has 0 saturated heterocycles. The van der Waals surface area contributed by atoms with Crippen molar-refractivity contribution in [2.24, 2.45) is 0 Å². The Kier molecular flexibility index (Phi) is 3.48. The summed E-state index contributed by atoms with van der Waals surface area (Å²) in [6.07, 6.45) is 0.908. The van der Waals surface area contributed by atoms with E-state index < -0.39 is 0 Å². The molecule has 2 nitrogen and oxygen atoms in total. The normalized spacial score (nSPS) is 12.2. The fourth-order valence-electron chi connectivity index (χ4n) is 1.13. The molecule has 0 saturated carbocycles. The van der Waals surface area contributed by atoms with Crippen LogP contribution in [0.15, 0.2) is 22.7 Å². The van der Waals surface area contributed by atoms with Crippen LogP contribution in [-0.2, 0) is 4.79 Å². The number of hydrogen-bond acceptors (Lipinski definition) is 2. The van der Waals surface area contributed by atoms with Gasteiger partial charge in [-0.25, -0.2) is 0 Å². The second-order valence-corrected chi connectivity index (χ2v) is 3.73. The lowest BCUT2D eigenvalue weighted by Crippen LogP contribution is -1.98. The highest BCUT2D eigenvalue weighted by Crippen LogP contribution is 2.28. The molecule has 1 rings (SSSR count). The number of hydrogen-bond donors (Lipinski definition) is 0. The van der Waals surface area contributed by atoms with Gasteiger partial charge in [0, 0.05) is 16.0 Å². The van der Waals surface area contributed by atoms with Crippen molar-refractivity contribution in [3.63, 3.8) is 0 Å². The second-order valence-electron chi connectivity index (χ2n) is 2.81. The summed E-state index contributed by atoms with van der Waals surface area (Å²) in [5, 5.41) is 0. The van der Waals surface area contributed by atoms with Crippen LogP contribution in [0.3, 0.4) is 0 Å². The highest BCUT2D eigenvalue weighted by molar-refractivity contribution is 9.10. The third-order valence-corrected chi connectivity index (χ3v) is 2.38. The highest BCUT2D eigenvalue weighted by Gasteiger charge is 2.10. The van der Waals surface area contributed by atoms with E-state index in [4.69, 9.17) is 4.74 Å². The number of carbonyl (C=O) groups is 1. The van der Waals surface area contributed by atoms with Crippen molar-refractivity contribution in [1.82, 2.24) is 0 Å². The first-order valence-corrected chi connectivity index (χ1v) is 4.77. The molecule has 0 bridgehead atoms. The minimum absolute atomic E-state index is 0.122. The van der Waals surface area contributed by atoms with Crippen LogP contribution in [0, 0.1) is 0 Å². The van der Waals surface area contributed by atoms with Gasteiger partial charge in [-0.05, 0) is 12.1 Å². The van der Waals surface area contributed by atoms with E-state index in [1.54, 1.807) is 7.11 Å². The smallest absolute Gasteiger partial charge is 0.127 e. The molecule has 0 unspecified atom stereocenters. The number of methoxy groups -OCH3 is 1. The van der Waals surface area contributed by atoms with Gasteiger partial charge in [-0.15, -0.1) is 0 Å². The number of halogens is 1. The average Bonchev–Trinajstić information content (AvgIpc) is 2.16. The molecule has 1 atom stereocenters. The summed E-state index contributed by atoms with van der Waals surface area (Å²) in [6.45, 7) is 1.85. The number of ether oxygens (including phenoxy) is 1. The number of carbonyl (C=O) groups excluding carboxylic acids is 1. The first-order chi connectivity index (χ1) is 6.19. The standard InChI is InChI=1S/C10H11BrO2/c1-7(6-12)9-4-3-8(11)5-10(9)13-2/h3-7H,1-2H3/t7-/m0/s1. The Morgan fingerprint density at radius 3 is 2.77 bits per heavy atom. The van der Waals surface area contributed by atoms with Crippen LogP contribution >= 0.6 is 15.9 Å². The van der Waals surface area contributed by atoms with Crippen molar-refractivity contribution >= 4 is 22.2 Å². The Morgan fingerprint density at radius 2 is 2.23 bits per heavy atom. The van der Waals surface area contributed by atoms with E-state index in [1.165, 1.54) is 0 Å². The Labute approximate surface area is 86.0 Å². The highest BCUT2D eigenvalue weighted by atomic mass is 79.9. The van der Waals surface area contributed by atoms with Gasteiger partial charge in [0.2, 0.25) is 0 Å². The van der Waals surface area contributed by atoms with Crippen LogP contribution in [-0.4, -0.2) is 13.4 Å². The van der Waals surface area contributed by atoms with Gasteiger partial charge in [0.25, 0.3) is 0 Å². The molecule has 0 radical (unpaired) electrons. The lowest BCUT2D eigenvalue weighted by molar-refractivity contribution is -0.108. The molecule has 0 aliphatic heterocycles. The van der Waals surface area contributed by atoms with Gasteiger partial charge in [-0.2, -0.15) is 0 Å². The summed E-state index contributed by atoms with van der Waals surface area (Å²) in [7, 11) is 1.60. The Morgan fingerprint density at radius 1 is 1.54 bits per heavy atom. The van der Waals surface area contributed by atoms with Gasteiger partial charge < -0.3 is 9.53 Å². The maximum Gasteiger partial charge on any atom is 0.127 e. The van der Waals surface area contributed by atoms with Crippen molar-refractivity contribution in [1.29, 1.82) is 0 Å². The fraction of sp³-hybridized carbons (Fsp3) is 0.300. The average molecular weight is 243 g/mol. The van der Waals surface area contributed by atoms with E-state index in [0.717, 1.165) is 22.1 Å². The largest absolute Gasteiger partial charge is 0.496 e. The summed E-state index contributed by atoms with van der Waals surface area (Å²) in [5.74, 6) is 0.622. The molecular weight excluding hydrogens is 232 g/mol. The van der Waals surface area contributed by atoms with Crippen LogP contribution in [0.4, 0.5) is 0 Å². The lowest BCUT2D eigenvalue weighted by atomic mass is 10.0. The van der Waals surface area contributed by atoms with Gasteiger partial charge in [0.05, 0.1) is 7.11 Å². The maximum absolute atomic E-state index is 10.6. The SMILES string of the molecule is COc1cc(Br)ccc1[C@@H](C)C=O. The summed E-state index contributed by atoms with van der Waals surface area (Å²) in [6, 6.07) is 5.65. The topological polar surface area (TPSA) is 26.3 Å². The number of aldehydes is 1. The quantitative estimate of drug-likeness (QED) is 0.763. The molecule has 1 aromatic rings. The summed E-state index contributed by atoms with van der Waals surface area (Å²) in [5.41, 5.74) is 0.917. The predicted octanol–water partition coefficient (Wildman–Crippen LogP) is 2.76. The molecule has 0 aliphatic carbocycles. The van der Waals surface area contributed by atoms with Gasteiger partial charge in [-0.3, -0.25) is 0 Å². The van der Waals surface area contributed by atoms with Crippen LogP contribution < -0.4 is 4.74 Å². The molecule has 13 heavy (non-hydrogen) atoms. The van der Waals surface area contributed by atoms with E-state index in [1.807, 2.05) is 25.1 Å². The molecule has 1 aromatic carbocycles. The molecule has 3 heteroatoms. The monoisotopic (exact) mass is 242 g/mol. The Hall–Kier alpha value is -0.830. The van der Waals surface area contributed by atoms with Gasteiger partial charge in [0.1, 0.15) is 12.0 Å². The van der Waals surface area contributed by atoms with Gasteiger partial charge >= 0.3 is 0 Å². The van der Waals surface area contributed by atoms with Crippen molar-refractivity contribution in [3.05, 3.63) is 28.2 Å². The number of benzene rings is 1. The zero-order chi connectivity index (χ0) is 9.84. The first kappa shape index (κ1) is 10.3.